The average Bonchev–Trinajstić information content (AvgIpc) is 2.76. The van der Waals surface area contributed by atoms with Crippen molar-refractivity contribution in [3.63, 3.8) is 0 Å². The van der Waals surface area contributed by atoms with Gasteiger partial charge in [0.05, 0.1) is 0 Å². The van der Waals surface area contributed by atoms with E-state index >= 15 is 0 Å². The van der Waals surface area contributed by atoms with Crippen molar-refractivity contribution in [2.24, 2.45) is 0 Å². The van der Waals surface area contributed by atoms with Crippen molar-refractivity contribution >= 4 is 23.5 Å². The minimum atomic E-state index is -0.899. The molecule has 3 rings (SSSR count). The first-order chi connectivity index (χ1) is 15.3. The second kappa shape index (κ2) is 10.7. The fourth-order valence-electron chi connectivity index (χ4n) is 3.60. The van der Waals surface area contributed by atoms with Gasteiger partial charge < -0.3 is 20.9 Å². The third-order valence-corrected chi connectivity index (χ3v) is 5.30. The lowest BCUT2D eigenvalue weighted by Crippen LogP contribution is -2.53. The van der Waals surface area contributed by atoms with E-state index in [0.29, 0.717) is 37.2 Å². The van der Waals surface area contributed by atoms with Crippen LogP contribution in [0.3, 0.4) is 0 Å². The van der Waals surface area contributed by atoms with Crippen molar-refractivity contribution < 1.29 is 23.2 Å². The molecule has 0 aromatic heterocycles. The number of hydrogen-bond acceptors (Lipinski definition) is 3. The maximum atomic E-state index is 14.0. The lowest BCUT2D eigenvalue weighted by atomic mass is 10.0. The van der Waals surface area contributed by atoms with Crippen molar-refractivity contribution in [3.05, 3.63) is 65.7 Å². The van der Waals surface area contributed by atoms with Crippen LogP contribution in [0, 0.1) is 11.6 Å². The maximum absolute atomic E-state index is 14.0. The van der Waals surface area contributed by atoms with Crippen molar-refractivity contribution in [2.75, 3.05) is 18.4 Å². The molecule has 2 aromatic carbocycles. The molecule has 1 unspecified atom stereocenters. The zero-order valence-electron chi connectivity index (χ0n) is 17.7. The van der Waals surface area contributed by atoms with E-state index in [4.69, 9.17) is 0 Å². The summed E-state index contributed by atoms with van der Waals surface area (Å²) in [5.74, 6) is -1.59. The van der Waals surface area contributed by atoms with Crippen LogP contribution in [0.1, 0.15) is 25.3 Å². The quantitative estimate of drug-likeness (QED) is 0.640. The monoisotopic (exact) mass is 444 g/mol. The topological polar surface area (TPSA) is 90.5 Å². The highest BCUT2D eigenvalue weighted by Gasteiger charge is 2.27. The molecule has 0 saturated carbocycles. The number of carbonyl (C=O) groups is 3. The molecule has 1 aliphatic heterocycles. The Hall–Kier alpha value is -3.49. The summed E-state index contributed by atoms with van der Waals surface area (Å²) in [4.78, 5) is 38.3. The Bertz CT molecular complexity index is 960. The molecule has 0 radical (unpaired) electrons. The highest BCUT2D eigenvalue weighted by Crippen LogP contribution is 2.15. The van der Waals surface area contributed by atoms with Gasteiger partial charge in [0.15, 0.2) is 0 Å². The van der Waals surface area contributed by atoms with Gasteiger partial charge in [-0.05, 0) is 48.7 Å². The fraction of sp³-hybridized carbons (Fsp3) is 0.348. The average molecular weight is 444 g/mol. The Kier molecular flexibility index (Phi) is 7.75. The van der Waals surface area contributed by atoms with Gasteiger partial charge in [-0.1, -0.05) is 18.2 Å². The number of rotatable bonds is 6. The Morgan fingerprint density at radius 3 is 2.31 bits per heavy atom. The standard InChI is InChI=1S/C23H26F2N4O3/c1-15(30)26-21(14-16-4-2-3-5-20(16)25)22(31)27-19-10-12-29(13-11-19)23(32)28-18-8-6-17(24)7-9-18/h2-9,19,21H,10-14H2,1H3,(H,26,30)(H,27,31)(H,28,32). The molecule has 32 heavy (non-hydrogen) atoms. The van der Waals surface area contributed by atoms with Gasteiger partial charge in [0.2, 0.25) is 11.8 Å². The van der Waals surface area contributed by atoms with E-state index in [9.17, 15) is 23.2 Å². The van der Waals surface area contributed by atoms with Crippen LogP contribution in [-0.4, -0.2) is 47.9 Å². The SMILES string of the molecule is CC(=O)NC(Cc1ccccc1F)C(=O)NC1CCN(C(=O)Nc2ccc(F)cc2)CC1. The molecule has 1 atom stereocenters. The molecule has 1 saturated heterocycles. The zero-order chi connectivity index (χ0) is 23.1. The lowest BCUT2D eigenvalue weighted by Gasteiger charge is -2.33. The molecule has 4 amide bonds. The van der Waals surface area contributed by atoms with Gasteiger partial charge in [-0.3, -0.25) is 9.59 Å². The summed E-state index contributed by atoms with van der Waals surface area (Å²) in [7, 11) is 0. The molecule has 0 spiro atoms. The minimum absolute atomic E-state index is 0.0387. The lowest BCUT2D eigenvalue weighted by molar-refractivity contribution is -0.128. The number of piperidine rings is 1. The zero-order valence-corrected chi connectivity index (χ0v) is 17.7. The Balaban J connectivity index is 1.52. The van der Waals surface area contributed by atoms with Crippen LogP contribution in [0.4, 0.5) is 19.3 Å². The predicted molar refractivity (Wildman–Crippen MR) is 116 cm³/mol. The first kappa shape index (κ1) is 23.2. The predicted octanol–water partition coefficient (Wildman–Crippen LogP) is 2.82. The number of anilines is 1. The fourth-order valence-corrected chi connectivity index (χ4v) is 3.60. The van der Waals surface area contributed by atoms with Crippen LogP contribution >= 0.6 is 0 Å². The Labute approximate surface area is 185 Å². The van der Waals surface area contributed by atoms with Crippen LogP contribution in [-0.2, 0) is 16.0 Å². The largest absolute Gasteiger partial charge is 0.351 e. The molecule has 9 heteroatoms. The van der Waals surface area contributed by atoms with E-state index in [2.05, 4.69) is 16.0 Å². The molecule has 1 aliphatic rings. The van der Waals surface area contributed by atoms with Gasteiger partial charge in [0.1, 0.15) is 17.7 Å². The van der Waals surface area contributed by atoms with Gasteiger partial charge >= 0.3 is 6.03 Å². The molecule has 1 heterocycles. The molecule has 7 nitrogen and oxygen atoms in total. The third-order valence-electron chi connectivity index (χ3n) is 5.30. The number of hydrogen-bond donors (Lipinski definition) is 3. The number of halogens is 2. The summed E-state index contributed by atoms with van der Waals surface area (Å²) in [5, 5.41) is 8.20. The molecule has 1 fully saturated rings. The van der Waals surface area contributed by atoms with E-state index in [1.54, 1.807) is 23.1 Å². The second-order valence-electron chi connectivity index (χ2n) is 7.76. The molecule has 170 valence electrons. The van der Waals surface area contributed by atoms with Crippen molar-refractivity contribution in [1.29, 1.82) is 0 Å². The molecule has 0 bridgehead atoms. The molecular weight excluding hydrogens is 418 g/mol. The number of carbonyl (C=O) groups excluding carboxylic acids is 3. The summed E-state index contributed by atoms with van der Waals surface area (Å²) >= 11 is 0. The third kappa shape index (κ3) is 6.50. The number of nitrogens with zero attached hydrogens (tertiary/aromatic N) is 1. The summed E-state index contributed by atoms with van der Waals surface area (Å²) < 4.78 is 27.0. The summed E-state index contributed by atoms with van der Waals surface area (Å²) in [6.07, 6.45) is 1.11. The number of likely N-dealkylation sites (tertiary alicyclic amines) is 1. The number of urea groups is 1. The molecular formula is C23H26F2N4O3. The van der Waals surface area contributed by atoms with Gasteiger partial charge in [0, 0.05) is 38.2 Å². The van der Waals surface area contributed by atoms with Crippen LogP contribution in [0.2, 0.25) is 0 Å². The van der Waals surface area contributed by atoms with Crippen LogP contribution in [0.15, 0.2) is 48.5 Å². The van der Waals surface area contributed by atoms with Gasteiger partial charge in [0.25, 0.3) is 0 Å². The van der Waals surface area contributed by atoms with E-state index in [1.165, 1.54) is 37.3 Å². The van der Waals surface area contributed by atoms with Crippen molar-refractivity contribution in [3.8, 4) is 0 Å². The van der Waals surface area contributed by atoms with E-state index in [1.807, 2.05) is 0 Å². The molecule has 3 N–H and O–H groups in total. The van der Waals surface area contributed by atoms with Crippen LogP contribution < -0.4 is 16.0 Å². The first-order valence-electron chi connectivity index (χ1n) is 10.4. The van der Waals surface area contributed by atoms with Crippen molar-refractivity contribution in [2.45, 2.75) is 38.3 Å². The van der Waals surface area contributed by atoms with Gasteiger partial charge in [-0.2, -0.15) is 0 Å². The van der Waals surface area contributed by atoms with Crippen LogP contribution in [0.25, 0.3) is 0 Å². The summed E-state index contributed by atoms with van der Waals surface area (Å²) in [5.41, 5.74) is 0.840. The van der Waals surface area contributed by atoms with E-state index in [-0.39, 0.29) is 30.2 Å². The van der Waals surface area contributed by atoms with E-state index < -0.39 is 17.8 Å². The molecule has 0 aliphatic carbocycles. The summed E-state index contributed by atoms with van der Waals surface area (Å²) in [6, 6.07) is 10.3. The second-order valence-corrected chi connectivity index (χ2v) is 7.76. The highest BCUT2D eigenvalue weighted by atomic mass is 19.1. The maximum Gasteiger partial charge on any atom is 0.321 e. The normalized spacial score (nSPS) is 15.0. The van der Waals surface area contributed by atoms with Crippen molar-refractivity contribution in [1.82, 2.24) is 15.5 Å². The minimum Gasteiger partial charge on any atom is -0.351 e. The van der Waals surface area contributed by atoms with E-state index in [0.717, 1.165) is 0 Å². The highest BCUT2D eigenvalue weighted by molar-refractivity contribution is 5.89. The summed E-state index contributed by atoms with van der Waals surface area (Å²) in [6.45, 7) is 2.16. The molecule has 2 aromatic rings. The van der Waals surface area contributed by atoms with Gasteiger partial charge in [-0.25, -0.2) is 13.6 Å². The smallest absolute Gasteiger partial charge is 0.321 e. The number of nitrogens with one attached hydrogen (secondary N) is 3. The Morgan fingerprint density at radius 1 is 1.03 bits per heavy atom. The Morgan fingerprint density at radius 2 is 1.69 bits per heavy atom. The number of amides is 4. The first-order valence-corrected chi connectivity index (χ1v) is 10.4. The van der Waals surface area contributed by atoms with Gasteiger partial charge in [-0.15, -0.1) is 0 Å². The van der Waals surface area contributed by atoms with Crippen LogP contribution in [0.5, 0.6) is 0 Å². The number of benzene rings is 2.